The summed E-state index contributed by atoms with van der Waals surface area (Å²) < 4.78 is 46.6. The zero-order valence-electron chi connectivity index (χ0n) is 13.1. The lowest BCUT2D eigenvalue weighted by atomic mass is 10.2. The number of nitrogens with zero attached hydrogens (tertiary/aromatic N) is 2. The molecule has 0 saturated heterocycles. The molecule has 0 spiro atoms. The molecule has 0 aliphatic carbocycles. The fraction of sp³-hybridized carbons (Fsp3) is 0.571. The van der Waals surface area contributed by atoms with E-state index in [1.54, 1.807) is 19.2 Å². The number of halogens is 3. The molecule has 1 heterocycles. The van der Waals surface area contributed by atoms with E-state index in [0.717, 1.165) is 0 Å². The Bertz CT molecular complexity index is 495. The maximum Gasteiger partial charge on any atom is 0.422 e. The van der Waals surface area contributed by atoms with Crippen molar-refractivity contribution in [1.82, 2.24) is 15.6 Å². The lowest BCUT2D eigenvalue weighted by Gasteiger charge is -2.14. The first-order valence-electron chi connectivity index (χ1n) is 7.12. The van der Waals surface area contributed by atoms with Crippen LogP contribution in [0, 0.1) is 0 Å². The van der Waals surface area contributed by atoms with Gasteiger partial charge in [-0.15, -0.1) is 0 Å². The van der Waals surface area contributed by atoms with Crippen LogP contribution in [0.5, 0.6) is 5.88 Å². The van der Waals surface area contributed by atoms with Gasteiger partial charge in [-0.3, -0.25) is 4.99 Å². The lowest BCUT2D eigenvalue weighted by molar-refractivity contribution is -0.154. The van der Waals surface area contributed by atoms with Gasteiger partial charge in [0.05, 0.1) is 6.61 Å². The largest absolute Gasteiger partial charge is 0.468 e. The predicted octanol–water partition coefficient (Wildman–Crippen LogP) is 1.72. The molecule has 130 valence electrons. The molecule has 0 unspecified atom stereocenters. The molecule has 6 nitrogen and oxygen atoms in total. The standard InChI is InChI=1S/C14H21F3N4O2/c1-3-22-8-7-20-13(18-2)21-9-11-5-4-6-19-12(11)23-10-14(15,16)17/h4-6H,3,7-10H2,1-2H3,(H2,18,20,21). The Morgan fingerprint density at radius 1 is 1.35 bits per heavy atom. The predicted molar refractivity (Wildman–Crippen MR) is 80.5 cm³/mol. The first kappa shape index (κ1) is 19.0. The van der Waals surface area contributed by atoms with Crippen LogP contribution < -0.4 is 15.4 Å². The van der Waals surface area contributed by atoms with Crippen molar-refractivity contribution in [3.8, 4) is 5.88 Å². The lowest BCUT2D eigenvalue weighted by Crippen LogP contribution is -2.38. The second kappa shape index (κ2) is 9.88. The fourth-order valence-corrected chi connectivity index (χ4v) is 1.62. The number of hydrogen-bond donors (Lipinski definition) is 2. The summed E-state index contributed by atoms with van der Waals surface area (Å²) in [5.41, 5.74) is 0.504. The van der Waals surface area contributed by atoms with Crippen LogP contribution in [0.3, 0.4) is 0 Å². The van der Waals surface area contributed by atoms with Crippen molar-refractivity contribution in [3.63, 3.8) is 0 Å². The van der Waals surface area contributed by atoms with Gasteiger partial charge in [0, 0.05) is 38.5 Å². The van der Waals surface area contributed by atoms with Crippen molar-refractivity contribution in [2.45, 2.75) is 19.6 Å². The number of alkyl halides is 3. The molecule has 9 heteroatoms. The van der Waals surface area contributed by atoms with Crippen LogP contribution >= 0.6 is 0 Å². The van der Waals surface area contributed by atoms with Crippen molar-refractivity contribution in [2.24, 2.45) is 4.99 Å². The highest BCUT2D eigenvalue weighted by atomic mass is 19.4. The number of aromatic nitrogens is 1. The molecule has 0 aliphatic rings. The molecule has 1 aromatic heterocycles. The summed E-state index contributed by atoms with van der Waals surface area (Å²) in [7, 11) is 1.60. The van der Waals surface area contributed by atoms with E-state index in [4.69, 9.17) is 9.47 Å². The topological polar surface area (TPSA) is 67.8 Å². The molecule has 2 N–H and O–H groups in total. The van der Waals surface area contributed by atoms with Gasteiger partial charge in [0.1, 0.15) is 0 Å². The number of aliphatic imine (C=N–C) groups is 1. The number of nitrogens with one attached hydrogen (secondary N) is 2. The van der Waals surface area contributed by atoms with Gasteiger partial charge < -0.3 is 20.1 Å². The molecule has 0 amide bonds. The summed E-state index contributed by atoms with van der Waals surface area (Å²) in [6, 6.07) is 3.27. The van der Waals surface area contributed by atoms with E-state index in [-0.39, 0.29) is 12.4 Å². The van der Waals surface area contributed by atoms with Gasteiger partial charge >= 0.3 is 6.18 Å². The van der Waals surface area contributed by atoms with Crippen LogP contribution in [0.1, 0.15) is 12.5 Å². The van der Waals surface area contributed by atoms with Gasteiger partial charge in [-0.2, -0.15) is 13.2 Å². The van der Waals surface area contributed by atoms with Gasteiger partial charge in [-0.05, 0) is 13.0 Å². The summed E-state index contributed by atoms with van der Waals surface area (Å²) in [5, 5.41) is 6.01. The first-order valence-corrected chi connectivity index (χ1v) is 7.12. The Morgan fingerprint density at radius 3 is 2.78 bits per heavy atom. The average molecular weight is 334 g/mol. The van der Waals surface area contributed by atoms with Crippen molar-refractivity contribution < 1.29 is 22.6 Å². The Hall–Kier alpha value is -2.03. The molecule has 1 rings (SSSR count). The fourth-order valence-electron chi connectivity index (χ4n) is 1.62. The molecule has 0 atom stereocenters. The van der Waals surface area contributed by atoms with Crippen LogP contribution in [0.25, 0.3) is 0 Å². The van der Waals surface area contributed by atoms with Crippen molar-refractivity contribution >= 4 is 5.96 Å². The second-order valence-corrected chi connectivity index (χ2v) is 4.42. The maximum absolute atomic E-state index is 12.2. The van der Waals surface area contributed by atoms with Gasteiger partial charge in [-0.25, -0.2) is 4.98 Å². The number of pyridine rings is 1. The number of ether oxygens (including phenoxy) is 2. The van der Waals surface area contributed by atoms with Gasteiger partial charge in [0.15, 0.2) is 12.6 Å². The third-order valence-corrected chi connectivity index (χ3v) is 2.64. The Kier molecular flexibility index (Phi) is 8.17. The molecule has 0 radical (unpaired) electrons. The Balaban J connectivity index is 2.52. The summed E-state index contributed by atoms with van der Waals surface area (Å²) in [6.45, 7) is 2.48. The molecular formula is C14H21F3N4O2. The van der Waals surface area contributed by atoms with E-state index in [1.807, 2.05) is 6.92 Å². The Morgan fingerprint density at radius 2 is 2.13 bits per heavy atom. The highest BCUT2D eigenvalue weighted by molar-refractivity contribution is 5.79. The highest BCUT2D eigenvalue weighted by Gasteiger charge is 2.29. The van der Waals surface area contributed by atoms with Gasteiger partial charge in [0.25, 0.3) is 0 Å². The molecule has 0 saturated carbocycles. The third kappa shape index (κ3) is 8.24. The number of guanidine groups is 1. The number of hydrogen-bond acceptors (Lipinski definition) is 4. The summed E-state index contributed by atoms with van der Waals surface area (Å²) in [5.74, 6) is 0.456. The minimum absolute atomic E-state index is 0.0536. The van der Waals surface area contributed by atoms with E-state index in [0.29, 0.717) is 31.3 Å². The van der Waals surface area contributed by atoms with E-state index in [9.17, 15) is 13.2 Å². The highest BCUT2D eigenvalue weighted by Crippen LogP contribution is 2.19. The summed E-state index contributed by atoms with van der Waals surface area (Å²) >= 11 is 0. The van der Waals surface area contributed by atoms with Crippen LogP contribution in [0.4, 0.5) is 13.2 Å². The smallest absolute Gasteiger partial charge is 0.422 e. The zero-order valence-corrected chi connectivity index (χ0v) is 13.1. The van der Waals surface area contributed by atoms with Crippen LogP contribution in [0.15, 0.2) is 23.3 Å². The minimum atomic E-state index is -4.40. The minimum Gasteiger partial charge on any atom is -0.468 e. The molecule has 0 fully saturated rings. The van der Waals surface area contributed by atoms with Crippen molar-refractivity contribution in [2.75, 3.05) is 33.4 Å². The quantitative estimate of drug-likeness (QED) is 0.430. The summed E-state index contributed by atoms with van der Waals surface area (Å²) in [6.07, 6.45) is -3.02. The van der Waals surface area contributed by atoms with E-state index >= 15 is 0 Å². The zero-order chi connectivity index (χ0) is 17.1. The molecular weight excluding hydrogens is 313 g/mol. The first-order chi connectivity index (χ1) is 11.0. The molecule has 1 aromatic rings. The normalized spacial score (nSPS) is 12.1. The van der Waals surface area contributed by atoms with E-state index in [1.165, 1.54) is 6.20 Å². The Labute approximate surface area is 133 Å². The van der Waals surface area contributed by atoms with Crippen molar-refractivity contribution in [1.29, 1.82) is 0 Å². The van der Waals surface area contributed by atoms with E-state index in [2.05, 4.69) is 20.6 Å². The SMILES string of the molecule is CCOCCNC(=NC)NCc1cccnc1OCC(F)(F)F. The van der Waals surface area contributed by atoms with Crippen LogP contribution in [-0.2, 0) is 11.3 Å². The van der Waals surface area contributed by atoms with Crippen LogP contribution in [0.2, 0.25) is 0 Å². The van der Waals surface area contributed by atoms with Gasteiger partial charge in [-0.1, -0.05) is 6.07 Å². The van der Waals surface area contributed by atoms with E-state index < -0.39 is 12.8 Å². The maximum atomic E-state index is 12.2. The molecule has 0 aliphatic heterocycles. The molecule has 23 heavy (non-hydrogen) atoms. The molecule has 0 bridgehead atoms. The third-order valence-electron chi connectivity index (χ3n) is 2.64. The average Bonchev–Trinajstić information content (AvgIpc) is 2.52. The van der Waals surface area contributed by atoms with Gasteiger partial charge in [0.2, 0.25) is 5.88 Å². The monoisotopic (exact) mass is 334 g/mol. The molecule has 0 aromatic carbocycles. The van der Waals surface area contributed by atoms with Crippen LogP contribution in [-0.4, -0.2) is 50.5 Å². The number of rotatable bonds is 8. The second-order valence-electron chi connectivity index (χ2n) is 4.42. The van der Waals surface area contributed by atoms with Crippen molar-refractivity contribution in [3.05, 3.63) is 23.9 Å². The summed E-state index contributed by atoms with van der Waals surface area (Å²) in [4.78, 5) is 7.84.